The molecule has 0 aliphatic rings. The van der Waals surface area contributed by atoms with Crippen molar-refractivity contribution >= 4 is 75.1 Å². The van der Waals surface area contributed by atoms with Crippen LogP contribution in [0.5, 0.6) is 0 Å². The first-order chi connectivity index (χ1) is 22.8. The molecule has 10 aromatic rings. The summed E-state index contributed by atoms with van der Waals surface area (Å²) in [6, 6.07) is 49.3. The van der Waals surface area contributed by atoms with Gasteiger partial charge in [0.1, 0.15) is 11.2 Å². The lowest BCUT2D eigenvalue weighted by molar-refractivity contribution is 1.17. The number of thiophene rings is 1. The average molecular weight is 605 g/mol. The first-order valence-corrected chi connectivity index (χ1v) is 16.2. The van der Waals surface area contributed by atoms with E-state index in [0.29, 0.717) is 5.82 Å². The fraction of sp³-hybridized carbons (Fsp3) is 0. The zero-order chi connectivity index (χ0) is 30.2. The highest BCUT2D eigenvalue weighted by molar-refractivity contribution is 7.27. The Kier molecular flexibility index (Phi) is 5.41. The maximum absolute atomic E-state index is 5.13. The molecular formula is C41H24N4S. The molecule has 0 unspecified atom stereocenters. The highest BCUT2D eigenvalue weighted by Crippen LogP contribution is 2.48. The summed E-state index contributed by atoms with van der Waals surface area (Å²) in [5.41, 5.74) is 7.91. The fourth-order valence-corrected chi connectivity index (χ4v) is 8.31. The smallest absolute Gasteiger partial charge is 0.160 e. The molecule has 0 spiro atoms. The predicted molar refractivity (Wildman–Crippen MR) is 193 cm³/mol. The number of para-hydroxylation sites is 1. The van der Waals surface area contributed by atoms with Crippen molar-refractivity contribution in [3.05, 3.63) is 146 Å². The number of nitrogens with zero attached hydrogens (tertiary/aromatic N) is 4. The average Bonchev–Trinajstić information content (AvgIpc) is 3.68. The minimum atomic E-state index is 0.679. The van der Waals surface area contributed by atoms with E-state index in [9.17, 15) is 0 Å². The monoisotopic (exact) mass is 604 g/mol. The summed E-state index contributed by atoms with van der Waals surface area (Å²) in [4.78, 5) is 14.8. The Morgan fingerprint density at radius 2 is 1.28 bits per heavy atom. The van der Waals surface area contributed by atoms with Gasteiger partial charge in [-0.1, -0.05) is 103 Å². The molecule has 4 aromatic heterocycles. The van der Waals surface area contributed by atoms with Gasteiger partial charge in [-0.2, -0.15) is 0 Å². The molecular weight excluding hydrogens is 581 g/mol. The molecule has 0 atom stereocenters. The van der Waals surface area contributed by atoms with Crippen LogP contribution in [0.15, 0.2) is 146 Å². The van der Waals surface area contributed by atoms with Crippen LogP contribution in [0.1, 0.15) is 0 Å². The zero-order valence-electron chi connectivity index (χ0n) is 24.6. The van der Waals surface area contributed by atoms with Crippen molar-refractivity contribution in [2.24, 2.45) is 0 Å². The Balaban J connectivity index is 1.30. The van der Waals surface area contributed by atoms with E-state index in [1.165, 1.54) is 52.8 Å². The van der Waals surface area contributed by atoms with E-state index in [-0.39, 0.29) is 0 Å². The Morgan fingerprint density at radius 1 is 0.543 bits per heavy atom. The number of hydrogen-bond donors (Lipinski definition) is 0. The molecule has 0 N–H and O–H groups in total. The summed E-state index contributed by atoms with van der Waals surface area (Å²) in [7, 11) is 0. The largest absolute Gasteiger partial charge is 0.309 e. The second-order valence-corrected chi connectivity index (χ2v) is 12.7. The molecule has 0 saturated heterocycles. The summed E-state index contributed by atoms with van der Waals surface area (Å²) in [6.45, 7) is 0. The van der Waals surface area contributed by atoms with Crippen LogP contribution in [0.25, 0.3) is 92.1 Å². The highest BCUT2D eigenvalue weighted by atomic mass is 32.1. The first-order valence-electron chi connectivity index (χ1n) is 15.4. The maximum atomic E-state index is 5.13. The van der Waals surface area contributed by atoms with E-state index in [2.05, 4.69) is 119 Å². The molecule has 0 fully saturated rings. The summed E-state index contributed by atoms with van der Waals surface area (Å²) in [5.74, 6) is 0.679. The van der Waals surface area contributed by atoms with Gasteiger partial charge in [0.05, 0.1) is 16.6 Å². The van der Waals surface area contributed by atoms with E-state index >= 15 is 0 Å². The van der Waals surface area contributed by atoms with Crippen molar-refractivity contribution in [2.75, 3.05) is 0 Å². The van der Waals surface area contributed by atoms with Gasteiger partial charge in [0.25, 0.3) is 0 Å². The third kappa shape index (κ3) is 3.63. The lowest BCUT2D eigenvalue weighted by atomic mass is 10.00. The maximum Gasteiger partial charge on any atom is 0.160 e. The van der Waals surface area contributed by atoms with E-state index < -0.39 is 0 Å². The van der Waals surface area contributed by atoms with Gasteiger partial charge in [-0.25, -0.2) is 9.97 Å². The van der Waals surface area contributed by atoms with Gasteiger partial charge in [-0.05, 0) is 36.4 Å². The summed E-state index contributed by atoms with van der Waals surface area (Å²) in [5, 5.41) is 7.72. The van der Waals surface area contributed by atoms with Gasteiger partial charge in [0.2, 0.25) is 0 Å². The van der Waals surface area contributed by atoms with Crippen LogP contribution in [0.4, 0.5) is 0 Å². The van der Waals surface area contributed by atoms with E-state index in [1.54, 1.807) is 6.20 Å². The second kappa shape index (κ2) is 9.80. The molecule has 10 rings (SSSR count). The zero-order valence-corrected chi connectivity index (χ0v) is 25.4. The van der Waals surface area contributed by atoms with Gasteiger partial charge in [-0.15, -0.1) is 11.3 Å². The number of hydrogen-bond acceptors (Lipinski definition) is 4. The molecule has 5 heteroatoms. The van der Waals surface area contributed by atoms with Crippen LogP contribution >= 0.6 is 11.3 Å². The van der Waals surface area contributed by atoms with Crippen molar-refractivity contribution in [1.29, 1.82) is 0 Å². The molecule has 0 aliphatic heterocycles. The van der Waals surface area contributed by atoms with Gasteiger partial charge in [0.15, 0.2) is 5.82 Å². The molecule has 0 amide bonds. The van der Waals surface area contributed by atoms with Crippen LogP contribution in [0.2, 0.25) is 0 Å². The molecule has 0 aliphatic carbocycles. The molecule has 4 nitrogen and oxygen atoms in total. The Hall–Kier alpha value is -5.91. The lowest BCUT2D eigenvalue weighted by Crippen LogP contribution is -1.98. The van der Waals surface area contributed by atoms with Crippen molar-refractivity contribution in [3.63, 3.8) is 0 Å². The van der Waals surface area contributed by atoms with Gasteiger partial charge in [-0.3, -0.25) is 4.98 Å². The highest BCUT2D eigenvalue weighted by Gasteiger charge is 2.22. The summed E-state index contributed by atoms with van der Waals surface area (Å²) >= 11 is 1.89. The number of benzene rings is 6. The lowest BCUT2D eigenvalue weighted by Gasteiger charge is -2.13. The standard InChI is InChI=1S/C41H24N4S/c1-2-12-25(13-3-1)37-38-32(20-11-23-42-38)43-41(44-37)26-14-10-15-27(24-26)45-33-21-8-6-18-30(33)35-36-31-19-7-9-22-34(31)46-40(36)29-17-5-4-16-28(29)39(35)45/h1-24H. The summed E-state index contributed by atoms with van der Waals surface area (Å²) < 4.78 is 5.09. The van der Waals surface area contributed by atoms with Crippen LogP contribution in [-0.2, 0) is 0 Å². The molecule has 4 heterocycles. The van der Waals surface area contributed by atoms with Gasteiger partial charge in [0, 0.05) is 64.7 Å². The fourth-order valence-electron chi connectivity index (χ4n) is 7.07. The number of fused-ring (bicyclic) bond motifs is 11. The Bertz CT molecular complexity index is 2810. The number of rotatable bonds is 3. The van der Waals surface area contributed by atoms with Gasteiger partial charge < -0.3 is 4.57 Å². The SMILES string of the molecule is c1ccc(-c2nc(-c3cccc(-n4c5ccccc5c5c6c7ccccc7sc6c6ccccc6c54)c3)nc3cccnc23)cc1. The van der Waals surface area contributed by atoms with E-state index in [0.717, 1.165) is 33.5 Å². The normalized spacial score (nSPS) is 11.9. The molecule has 46 heavy (non-hydrogen) atoms. The Labute approximate surface area is 267 Å². The van der Waals surface area contributed by atoms with Crippen molar-refractivity contribution in [3.8, 4) is 28.3 Å². The number of aromatic nitrogens is 4. The topological polar surface area (TPSA) is 43.6 Å². The minimum absolute atomic E-state index is 0.679. The van der Waals surface area contributed by atoms with E-state index in [4.69, 9.17) is 9.97 Å². The van der Waals surface area contributed by atoms with Gasteiger partial charge >= 0.3 is 0 Å². The van der Waals surface area contributed by atoms with Crippen LogP contribution in [0.3, 0.4) is 0 Å². The summed E-state index contributed by atoms with van der Waals surface area (Å²) in [6.07, 6.45) is 1.80. The molecule has 0 radical (unpaired) electrons. The van der Waals surface area contributed by atoms with Crippen LogP contribution in [0, 0.1) is 0 Å². The van der Waals surface area contributed by atoms with Crippen molar-refractivity contribution in [2.45, 2.75) is 0 Å². The first kappa shape index (κ1) is 25.4. The molecule has 214 valence electrons. The third-order valence-electron chi connectivity index (χ3n) is 9.01. The van der Waals surface area contributed by atoms with Crippen molar-refractivity contribution in [1.82, 2.24) is 19.5 Å². The Morgan fingerprint density at radius 3 is 2.17 bits per heavy atom. The minimum Gasteiger partial charge on any atom is -0.309 e. The predicted octanol–water partition coefficient (Wildman–Crippen LogP) is 11.0. The second-order valence-electron chi connectivity index (χ2n) is 11.6. The molecule has 6 aromatic carbocycles. The quantitative estimate of drug-likeness (QED) is 0.201. The van der Waals surface area contributed by atoms with Crippen molar-refractivity contribution < 1.29 is 0 Å². The number of pyridine rings is 1. The molecule has 0 bridgehead atoms. The van der Waals surface area contributed by atoms with E-state index in [1.807, 2.05) is 41.7 Å². The van der Waals surface area contributed by atoms with Crippen LogP contribution < -0.4 is 0 Å². The molecule has 0 saturated carbocycles. The third-order valence-corrected chi connectivity index (χ3v) is 10.2. The van der Waals surface area contributed by atoms with Crippen LogP contribution in [-0.4, -0.2) is 19.5 Å².